The Morgan fingerprint density at radius 2 is 2.11 bits per heavy atom. The summed E-state index contributed by atoms with van der Waals surface area (Å²) < 4.78 is 13.7. The van der Waals surface area contributed by atoms with E-state index in [0.717, 1.165) is 18.4 Å². The fourth-order valence-electron chi connectivity index (χ4n) is 3.56. The highest BCUT2D eigenvalue weighted by atomic mass is 35.5. The third kappa shape index (κ3) is 3.45. The number of H-pyrrole nitrogens is 1. The standard InChI is InChI=1S/C20H17ClFN3O2/c21-14-8-7-12(11-15(14)22)10-13-4-3-9-25(13)20(27)18-19(26)24-17-6-2-1-5-16(17)23-18/h1-2,5-8,11,13H,3-4,9-10H2,(H,24,26). The van der Waals surface area contributed by atoms with Gasteiger partial charge in [-0.05, 0) is 49.1 Å². The Morgan fingerprint density at radius 1 is 1.30 bits per heavy atom. The molecule has 4 rings (SSSR count). The number of para-hydroxylation sites is 2. The highest BCUT2D eigenvalue weighted by molar-refractivity contribution is 6.30. The molecule has 27 heavy (non-hydrogen) atoms. The molecule has 1 aliphatic heterocycles. The molecule has 2 aromatic carbocycles. The van der Waals surface area contributed by atoms with Crippen molar-refractivity contribution >= 4 is 28.5 Å². The van der Waals surface area contributed by atoms with Crippen LogP contribution < -0.4 is 5.56 Å². The Balaban J connectivity index is 1.61. The summed E-state index contributed by atoms with van der Waals surface area (Å²) in [4.78, 5) is 34.0. The zero-order valence-corrected chi connectivity index (χ0v) is 15.2. The number of carbonyl (C=O) groups excluding carboxylic acids is 1. The Kier molecular flexibility index (Phi) is 4.66. The molecule has 1 aliphatic rings. The van der Waals surface area contributed by atoms with Crippen molar-refractivity contribution in [3.8, 4) is 0 Å². The van der Waals surface area contributed by atoms with E-state index in [1.54, 1.807) is 35.2 Å². The number of aromatic nitrogens is 2. The first-order chi connectivity index (χ1) is 13.0. The van der Waals surface area contributed by atoms with Crippen LogP contribution in [-0.4, -0.2) is 33.4 Å². The fraction of sp³-hybridized carbons (Fsp3) is 0.250. The predicted molar refractivity (Wildman–Crippen MR) is 102 cm³/mol. The van der Waals surface area contributed by atoms with Crippen molar-refractivity contribution in [1.82, 2.24) is 14.9 Å². The van der Waals surface area contributed by atoms with Crippen LogP contribution in [0.15, 0.2) is 47.3 Å². The Bertz CT molecular complexity index is 1080. The lowest BCUT2D eigenvalue weighted by Gasteiger charge is -2.24. The largest absolute Gasteiger partial charge is 0.334 e. The van der Waals surface area contributed by atoms with E-state index in [1.807, 2.05) is 0 Å². The molecule has 3 aromatic rings. The Hall–Kier alpha value is -2.73. The summed E-state index contributed by atoms with van der Waals surface area (Å²) in [5.74, 6) is -0.864. The van der Waals surface area contributed by atoms with Crippen LogP contribution in [0.5, 0.6) is 0 Å². The molecular formula is C20H17ClFN3O2. The number of likely N-dealkylation sites (tertiary alicyclic amines) is 1. The maximum Gasteiger partial charge on any atom is 0.280 e. The van der Waals surface area contributed by atoms with Crippen LogP contribution in [-0.2, 0) is 6.42 Å². The van der Waals surface area contributed by atoms with E-state index in [-0.39, 0.29) is 22.7 Å². The summed E-state index contributed by atoms with van der Waals surface area (Å²) >= 11 is 5.74. The average Bonchev–Trinajstić information content (AvgIpc) is 3.11. The topological polar surface area (TPSA) is 66.1 Å². The molecular weight excluding hydrogens is 369 g/mol. The minimum absolute atomic E-state index is 0.0741. The summed E-state index contributed by atoms with van der Waals surface area (Å²) in [7, 11) is 0. The van der Waals surface area contributed by atoms with Gasteiger partial charge in [-0.3, -0.25) is 9.59 Å². The van der Waals surface area contributed by atoms with Gasteiger partial charge in [-0.2, -0.15) is 0 Å². The highest BCUT2D eigenvalue weighted by Crippen LogP contribution is 2.24. The minimum Gasteiger partial charge on any atom is -0.334 e. The van der Waals surface area contributed by atoms with Gasteiger partial charge in [0.25, 0.3) is 11.5 Å². The van der Waals surface area contributed by atoms with Crippen LogP contribution in [0.3, 0.4) is 0 Å². The number of amides is 1. The first kappa shape index (κ1) is 17.7. The highest BCUT2D eigenvalue weighted by Gasteiger charge is 2.31. The molecule has 1 fully saturated rings. The first-order valence-corrected chi connectivity index (χ1v) is 9.14. The van der Waals surface area contributed by atoms with Crippen molar-refractivity contribution < 1.29 is 9.18 Å². The molecule has 1 aromatic heterocycles. The molecule has 0 bridgehead atoms. The monoisotopic (exact) mass is 385 g/mol. The van der Waals surface area contributed by atoms with Gasteiger partial charge >= 0.3 is 0 Å². The quantitative estimate of drug-likeness (QED) is 0.749. The number of nitrogens with one attached hydrogen (secondary N) is 1. The van der Waals surface area contributed by atoms with E-state index in [2.05, 4.69) is 9.97 Å². The predicted octanol–water partition coefficient (Wildman–Crippen LogP) is 3.56. The molecule has 1 saturated heterocycles. The second-order valence-corrected chi connectivity index (χ2v) is 7.09. The van der Waals surface area contributed by atoms with Gasteiger partial charge in [0.15, 0.2) is 5.69 Å². The summed E-state index contributed by atoms with van der Waals surface area (Å²) in [6.45, 7) is 0.549. The molecule has 2 heterocycles. The Labute approximate surface area is 159 Å². The second kappa shape index (κ2) is 7.12. The molecule has 1 atom stereocenters. The number of hydrogen-bond acceptors (Lipinski definition) is 3. The van der Waals surface area contributed by atoms with Crippen molar-refractivity contribution in [2.24, 2.45) is 0 Å². The number of rotatable bonds is 3. The van der Waals surface area contributed by atoms with E-state index >= 15 is 0 Å². The number of fused-ring (bicyclic) bond motifs is 1. The van der Waals surface area contributed by atoms with Gasteiger partial charge in [-0.1, -0.05) is 29.8 Å². The van der Waals surface area contributed by atoms with Crippen LogP contribution in [0.2, 0.25) is 5.02 Å². The summed E-state index contributed by atoms with van der Waals surface area (Å²) in [5, 5.41) is 0.0741. The van der Waals surface area contributed by atoms with Crippen LogP contribution >= 0.6 is 11.6 Å². The number of aromatic amines is 1. The molecule has 1 N–H and O–H groups in total. The van der Waals surface area contributed by atoms with Gasteiger partial charge in [-0.15, -0.1) is 0 Å². The van der Waals surface area contributed by atoms with E-state index in [9.17, 15) is 14.0 Å². The van der Waals surface area contributed by atoms with E-state index in [1.165, 1.54) is 12.1 Å². The van der Waals surface area contributed by atoms with Crippen LogP contribution in [0.25, 0.3) is 11.0 Å². The SMILES string of the molecule is O=C(c1nc2ccccc2[nH]c1=O)N1CCCC1Cc1ccc(Cl)c(F)c1. The van der Waals surface area contributed by atoms with Gasteiger partial charge in [0.1, 0.15) is 5.82 Å². The zero-order chi connectivity index (χ0) is 19.0. The molecule has 0 radical (unpaired) electrons. The smallest absolute Gasteiger partial charge is 0.280 e. The number of nitrogens with zero attached hydrogens (tertiary/aromatic N) is 2. The third-order valence-corrected chi connectivity index (χ3v) is 5.20. The van der Waals surface area contributed by atoms with Crippen molar-refractivity contribution in [3.05, 3.63) is 74.9 Å². The first-order valence-electron chi connectivity index (χ1n) is 8.77. The summed E-state index contributed by atoms with van der Waals surface area (Å²) in [6.07, 6.45) is 2.13. The van der Waals surface area contributed by atoms with Crippen LogP contribution in [0.1, 0.15) is 28.9 Å². The van der Waals surface area contributed by atoms with Gasteiger partial charge in [0.2, 0.25) is 0 Å². The second-order valence-electron chi connectivity index (χ2n) is 6.68. The molecule has 7 heteroatoms. The van der Waals surface area contributed by atoms with Crippen molar-refractivity contribution in [1.29, 1.82) is 0 Å². The molecule has 1 amide bonds. The fourth-order valence-corrected chi connectivity index (χ4v) is 3.68. The van der Waals surface area contributed by atoms with E-state index < -0.39 is 11.4 Å². The Morgan fingerprint density at radius 3 is 2.93 bits per heavy atom. The number of carbonyl (C=O) groups is 1. The summed E-state index contributed by atoms with van der Waals surface area (Å²) in [6, 6.07) is 11.6. The normalized spacial score (nSPS) is 16.8. The van der Waals surface area contributed by atoms with Gasteiger partial charge in [0, 0.05) is 12.6 Å². The third-order valence-electron chi connectivity index (χ3n) is 4.90. The number of hydrogen-bond donors (Lipinski definition) is 1. The number of benzene rings is 2. The lowest BCUT2D eigenvalue weighted by atomic mass is 10.0. The maximum absolute atomic E-state index is 13.7. The van der Waals surface area contributed by atoms with Gasteiger partial charge in [0.05, 0.1) is 16.1 Å². The van der Waals surface area contributed by atoms with Crippen molar-refractivity contribution in [3.63, 3.8) is 0 Å². The average molecular weight is 386 g/mol. The maximum atomic E-state index is 13.7. The van der Waals surface area contributed by atoms with E-state index in [4.69, 9.17) is 11.6 Å². The molecule has 138 valence electrons. The molecule has 0 spiro atoms. The molecule has 1 unspecified atom stereocenters. The molecule has 0 saturated carbocycles. The number of halogens is 2. The minimum atomic E-state index is -0.498. The van der Waals surface area contributed by atoms with Gasteiger partial charge in [-0.25, -0.2) is 9.37 Å². The van der Waals surface area contributed by atoms with Gasteiger partial charge < -0.3 is 9.88 Å². The van der Waals surface area contributed by atoms with Crippen molar-refractivity contribution in [2.45, 2.75) is 25.3 Å². The zero-order valence-electron chi connectivity index (χ0n) is 14.4. The van der Waals surface area contributed by atoms with E-state index in [0.29, 0.717) is 24.0 Å². The van der Waals surface area contributed by atoms with Crippen LogP contribution in [0, 0.1) is 5.82 Å². The molecule has 0 aliphatic carbocycles. The lowest BCUT2D eigenvalue weighted by Crippen LogP contribution is -2.40. The summed E-state index contributed by atoms with van der Waals surface area (Å²) in [5.41, 5.74) is 1.32. The lowest BCUT2D eigenvalue weighted by molar-refractivity contribution is 0.0729. The van der Waals surface area contributed by atoms with Crippen molar-refractivity contribution in [2.75, 3.05) is 6.54 Å². The van der Waals surface area contributed by atoms with Crippen LogP contribution in [0.4, 0.5) is 4.39 Å². The molecule has 5 nitrogen and oxygen atoms in total.